The maximum Gasteiger partial charge on any atom is 0.208 e. The second-order valence-corrected chi connectivity index (χ2v) is 3.16. The van der Waals surface area contributed by atoms with Gasteiger partial charge in [-0.2, -0.15) is 12.6 Å². The molecule has 0 amide bonds. The van der Waals surface area contributed by atoms with Crippen LogP contribution in [0.2, 0.25) is 0 Å². The van der Waals surface area contributed by atoms with Crippen LogP contribution in [0.5, 0.6) is 0 Å². The molecular weight excluding hydrogens is 170 g/mol. The van der Waals surface area contributed by atoms with E-state index in [-0.39, 0.29) is 5.25 Å². The Kier molecular flexibility index (Phi) is 1.81. The number of aromatic nitrogens is 1. The van der Waals surface area contributed by atoms with Gasteiger partial charge >= 0.3 is 0 Å². The monoisotopic (exact) mass is 178 g/mol. The Balaban J connectivity index is 2.62. The molecular formula is C9H8NOS. The quantitative estimate of drug-likeness (QED) is 0.679. The van der Waals surface area contributed by atoms with E-state index in [2.05, 4.69) is 24.5 Å². The topological polar surface area (TPSA) is 26.0 Å². The standard InChI is InChI=1S/C9H8NOS/c1-6(12)9-10-7-4-2-3-5-8(7)11-9/h2-6,12H,1H2. The third-order valence-electron chi connectivity index (χ3n) is 1.60. The van der Waals surface area contributed by atoms with E-state index in [1.165, 1.54) is 0 Å². The average Bonchev–Trinajstić information content (AvgIpc) is 2.46. The summed E-state index contributed by atoms with van der Waals surface area (Å²) in [4.78, 5) is 4.21. The molecule has 0 aliphatic carbocycles. The summed E-state index contributed by atoms with van der Waals surface area (Å²) in [6.45, 7) is 3.71. The Labute approximate surface area is 76.0 Å². The lowest BCUT2D eigenvalue weighted by atomic mass is 10.3. The number of rotatable bonds is 1. The first-order chi connectivity index (χ1) is 5.77. The minimum Gasteiger partial charge on any atom is -0.439 e. The van der Waals surface area contributed by atoms with Gasteiger partial charge in [-0.1, -0.05) is 12.1 Å². The van der Waals surface area contributed by atoms with Crippen molar-refractivity contribution >= 4 is 23.7 Å². The molecule has 61 valence electrons. The molecule has 0 fully saturated rings. The Morgan fingerprint density at radius 2 is 2.17 bits per heavy atom. The molecule has 1 aromatic carbocycles. The predicted octanol–water partition coefficient (Wildman–Crippen LogP) is 2.63. The first-order valence-electron chi connectivity index (χ1n) is 3.64. The Morgan fingerprint density at radius 3 is 2.83 bits per heavy atom. The Bertz CT molecular complexity index is 361. The molecule has 2 rings (SSSR count). The maximum absolute atomic E-state index is 5.38. The van der Waals surface area contributed by atoms with Crippen molar-refractivity contribution in [2.45, 2.75) is 5.25 Å². The zero-order valence-corrected chi connectivity index (χ0v) is 7.29. The molecule has 0 spiro atoms. The molecule has 1 atom stereocenters. The van der Waals surface area contributed by atoms with Crippen LogP contribution in [0.15, 0.2) is 28.7 Å². The van der Waals surface area contributed by atoms with Gasteiger partial charge in [0.1, 0.15) is 5.52 Å². The molecule has 12 heavy (non-hydrogen) atoms. The van der Waals surface area contributed by atoms with Crippen LogP contribution in [-0.4, -0.2) is 4.98 Å². The molecule has 0 aliphatic heterocycles. The summed E-state index contributed by atoms with van der Waals surface area (Å²) >= 11 is 4.13. The Hall–Kier alpha value is -0.960. The van der Waals surface area contributed by atoms with Crippen molar-refractivity contribution in [3.63, 3.8) is 0 Å². The number of benzene rings is 1. The van der Waals surface area contributed by atoms with Crippen LogP contribution in [0.3, 0.4) is 0 Å². The molecule has 1 heterocycles. The largest absolute Gasteiger partial charge is 0.439 e. The molecule has 0 N–H and O–H groups in total. The van der Waals surface area contributed by atoms with E-state index in [0.29, 0.717) is 5.89 Å². The van der Waals surface area contributed by atoms with Crippen LogP contribution in [-0.2, 0) is 0 Å². The zero-order chi connectivity index (χ0) is 8.55. The van der Waals surface area contributed by atoms with Crippen molar-refractivity contribution < 1.29 is 4.42 Å². The third kappa shape index (κ3) is 1.20. The summed E-state index contributed by atoms with van der Waals surface area (Å²) in [5.41, 5.74) is 1.64. The summed E-state index contributed by atoms with van der Waals surface area (Å²) in [6.07, 6.45) is 0. The number of hydrogen-bond acceptors (Lipinski definition) is 3. The fourth-order valence-corrected chi connectivity index (χ4v) is 1.14. The van der Waals surface area contributed by atoms with Crippen LogP contribution in [0, 0.1) is 6.92 Å². The summed E-state index contributed by atoms with van der Waals surface area (Å²) in [6, 6.07) is 7.61. The van der Waals surface area contributed by atoms with Gasteiger partial charge in [0.05, 0.1) is 5.25 Å². The van der Waals surface area contributed by atoms with Gasteiger partial charge < -0.3 is 4.42 Å². The minimum absolute atomic E-state index is 0.197. The van der Waals surface area contributed by atoms with E-state index in [4.69, 9.17) is 4.42 Å². The summed E-state index contributed by atoms with van der Waals surface area (Å²) in [5, 5.41) is -0.197. The highest BCUT2D eigenvalue weighted by Crippen LogP contribution is 2.22. The minimum atomic E-state index is -0.197. The molecule has 1 unspecified atom stereocenters. The first-order valence-corrected chi connectivity index (χ1v) is 4.15. The highest BCUT2D eigenvalue weighted by atomic mass is 32.1. The fourth-order valence-electron chi connectivity index (χ4n) is 1.03. The molecule has 0 aliphatic rings. The van der Waals surface area contributed by atoms with Gasteiger partial charge in [-0.3, -0.25) is 0 Å². The van der Waals surface area contributed by atoms with Crippen LogP contribution in [0.25, 0.3) is 11.1 Å². The summed E-state index contributed by atoms with van der Waals surface area (Å²) in [5.74, 6) is 0.569. The third-order valence-corrected chi connectivity index (χ3v) is 1.82. The van der Waals surface area contributed by atoms with E-state index < -0.39 is 0 Å². The first kappa shape index (κ1) is 7.68. The molecule has 3 heteroatoms. The van der Waals surface area contributed by atoms with Gasteiger partial charge in [-0.05, 0) is 19.1 Å². The maximum atomic E-state index is 5.38. The van der Waals surface area contributed by atoms with Crippen molar-refractivity contribution in [2.24, 2.45) is 0 Å². The Morgan fingerprint density at radius 1 is 1.42 bits per heavy atom. The van der Waals surface area contributed by atoms with Crippen LogP contribution in [0.1, 0.15) is 11.1 Å². The lowest BCUT2D eigenvalue weighted by molar-refractivity contribution is 0.543. The molecule has 2 aromatic rings. The second-order valence-electron chi connectivity index (χ2n) is 2.54. The average molecular weight is 178 g/mol. The second kappa shape index (κ2) is 2.83. The molecule has 0 bridgehead atoms. The normalized spacial score (nSPS) is 13.5. The van der Waals surface area contributed by atoms with Crippen LogP contribution >= 0.6 is 12.6 Å². The van der Waals surface area contributed by atoms with E-state index in [9.17, 15) is 0 Å². The van der Waals surface area contributed by atoms with Crippen LogP contribution < -0.4 is 0 Å². The number of fused-ring (bicyclic) bond motifs is 1. The van der Waals surface area contributed by atoms with Gasteiger partial charge in [0.2, 0.25) is 5.89 Å². The van der Waals surface area contributed by atoms with E-state index in [0.717, 1.165) is 11.1 Å². The van der Waals surface area contributed by atoms with E-state index in [1.807, 2.05) is 24.3 Å². The van der Waals surface area contributed by atoms with Crippen molar-refractivity contribution in [3.8, 4) is 0 Å². The van der Waals surface area contributed by atoms with Gasteiger partial charge in [0.15, 0.2) is 5.58 Å². The van der Waals surface area contributed by atoms with Gasteiger partial charge in [-0.15, -0.1) is 0 Å². The molecule has 0 saturated carbocycles. The lowest BCUT2D eigenvalue weighted by Gasteiger charge is -1.92. The van der Waals surface area contributed by atoms with Crippen molar-refractivity contribution in [3.05, 3.63) is 37.1 Å². The number of para-hydroxylation sites is 2. The van der Waals surface area contributed by atoms with Gasteiger partial charge in [-0.25, -0.2) is 4.98 Å². The molecule has 1 radical (unpaired) electrons. The van der Waals surface area contributed by atoms with Gasteiger partial charge in [0.25, 0.3) is 0 Å². The smallest absolute Gasteiger partial charge is 0.208 e. The molecule has 2 nitrogen and oxygen atoms in total. The SMILES string of the molecule is [CH2]C(S)c1nc2ccccc2o1. The summed E-state index contributed by atoms with van der Waals surface area (Å²) in [7, 11) is 0. The van der Waals surface area contributed by atoms with Crippen molar-refractivity contribution in [1.82, 2.24) is 4.98 Å². The molecule has 1 aromatic heterocycles. The van der Waals surface area contributed by atoms with Gasteiger partial charge in [0, 0.05) is 0 Å². The lowest BCUT2D eigenvalue weighted by Crippen LogP contribution is -1.81. The summed E-state index contributed by atoms with van der Waals surface area (Å²) < 4.78 is 5.38. The van der Waals surface area contributed by atoms with Crippen molar-refractivity contribution in [1.29, 1.82) is 0 Å². The number of oxazole rings is 1. The number of hydrogen-bond donors (Lipinski definition) is 1. The molecule has 0 saturated heterocycles. The number of thiol groups is 1. The van der Waals surface area contributed by atoms with Crippen molar-refractivity contribution in [2.75, 3.05) is 0 Å². The van der Waals surface area contributed by atoms with Crippen LogP contribution in [0.4, 0.5) is 0 Å². The number of nitrogens with zero attached hydrogens (tertiary/aromatic N) is 1. The highest BCUT2D eigenvalue weighted by Gasteiger charge is 2.08. The highest BCUT2D eigenvalue weighted by molar-refractivity contribution is 7.80. The predicted molar refractivity (Wildman–Crippen MR) is 51.1 cm³/mol. The van der Waals surface area contributed by atoms with E-state index >= 15 is 0 Å². The van der Waals surface area contributed by atoms with E-state index in [1.54, 1.807) is 0 Å². The fraction of sp³-hybridized carbons (Fsp3) is 0.111. The zero-order valence-electron chi connectivity index (χ0n) is 6.40.